The van der Waals surface area contributed by atoms with E-state index >= 15 is 0 Å². The highest BCUT2D eigenvalue weighted by Crippen LogP contribution is 2.30. The Kier molecular flexibility index (Phi) is 8.88. The van der Waals surface area contributed by atoms with E-state index in [1.807, 2.05) is 53.6 Å². The Morgan fingerprint density at radius 1 is 1.08 bits per heavy atom. The maximum Gasteiger partial charge on any atom is 0.220 e. The molecule has 1 N–H and O–H groups in total. The summed E-state index contributed by atoms with van der Waals surface area (Å²) in [7, 11) is 0. The van der Waals surface area contributed by atoms with Crippen LogP contribution in [0.3, 0.4) is 0 Å². The fourth-order valence-corrected chi connectivity index (χ4v) is 5.47. The molecular weight excluding hydrogens is 496 g/mol. The molecule has 3 atom stereocenters. The van der Waals surface area contributed by atoms with Gasteiger partial charge in [0.05, 0.1) is 23.7 Å². The highest BCUT2D eigenvalue weighted by molar-refractivity contribution is 5.85. The molecule has 1 amide bonds. The molecule has 196 valence electrons. The SMILES string of the molecule is CC(=O)N(Cc1ccncc1)C1CCN(c2ccccc2)CC1N1C=CNC1Cc1ccc(C#N)cc1.Cl. The largest absolute Gasteiger partial charge is 0.370 e. The van der Waals surface area contributed by atoms with Crippen molar-refractivity contribution in [2.45, 2.75) is 44.6 Å². The summed E-state index contributed by atoms with van der Waals surface area (Å²) in [5, 5.41) is 12.7. The standard InChI is InChI=1S/C30H32N6O.ClH/c1-23(37)36(21-26-11-14-32-15-12-26)28-13-17-34(27-5-3-2-4-6-27)22-29(28)35-18-16-33-30(35)19-24-7-9-25(20-31)10-8-24;/h2-12,14-16,18,28-30,33H,13,17,19,21-22H2,1H3;1H. The summed E-state index contributed by atoms with van der Waals surface area (Å²) < 4.78 is 0. The number of piperidine rings is 1. The number of nitrogens with one attached hydrogen (secondary N) is 1. The van der Waals surface area contributed by atoms with Crippen molar-refractivity contribution in [3.05, 3.63) is 108 Å². The molecule has 2 aliphatic rings. The molecular formula is C30H33ClN6O. The minimum Gasteiger partial charge on any atom is -0.370 e. The van der Waals surface area contributed by atoms with E-state index in [1.165, 1.54) is 5.69 Å². The first-order valence-corrected chi connectivity index (χ1v) is 12.8. The second kappa shape index (κ2) is 12.5. The molecule has 2 aromatic carbocycles. The third kappa shape index (κ3) is 6.09. The molecule has 8 heteroatoms. The predicted octanol–water partition coefficient (Wildman–Crippen LogP) is 4.32. The van der Waals surface area contributed by atoms with Crippen LogP contribution in [0.1, 0.15) is 30.0 Å². The van der Waals surface area contributed by atoms with Gasteiger partial charge in [0, 0.05) is 63.5 Å². The van der Waals surface area contributed by atoms with Crippen molar-refractivity contribution in [3.8, 4) is 6.07 Å². The smallest absolute Gasteiger partial charge is 0.220 e. The number of halogens is 1. The average molecular weight is 529 g/mol. The molecule has 2 aliphatic heterocycles. The van der Waals surface area contributed by atoms with Gasteiger partial charge in [-0.05, 0) is 53.9 Å². The van der Waals surface area contributed by atoms with Crippen LogP contribution in [0, 0.1) is 11.3 Å². The third-order valence-corrected chi connectivity index (χ3v) is 7.37. The quantitative estimate of drug-likeness (QED) is 0.492. The van der Waals surface area contributed by atoms with Crippen molar-refractivity contribution in [2.75, 3.05) is 18.0 Å². The topological polar surface area (TPSA) is 75.5 Å². The third-order valence-electron chi connectivity index (χ3n) is 7.37. The van der Waals surface area contributed by atoms with Crippen molar-refractivity contribution in [1.82, 2.24) is 20.1 Å². The number of aromatic nitrogens is 1. The van der Waals surface area contributed by atoms with Gasteiger partial charge in [-0.3, -0.25) is 9.78 Å². The summed E-state index contributed by atoms with van der Waals surface area (Å²) >= 11 is 0. The Morgan fingerprint density at radius 2 is 1.82 bits per heavy atom. The molecule has 3 heterocycles. The molecule has 0 saturated carbocycles. The summed E-state index contributed by atoms with van der Waals surface area (Å²) in [5.74, 6) is 0.0831. The molecule has 0 radical (unpaired) electrons. The summed E-state index contributed by atoms with van der Waals surface area (Å²) in [5.41, 5.74) is 4.11. The number of carbonyl (C=O) groups excluding carboxylic acids is 1. The molecule has 0 bridgehead atoms. The Balaban J connectivity index is 0.00000336. The lowest BCUT2D eigenvalue weighted by molar-refractivity contribution is -0.134. The van der Waals surface area contributed by atoms with Crippen LogP contribution in [0.2, 0.25) is 0 Å². The number of pyridine rings is 1. The van der Waals surface area contributed by atoms with Crippen molar-refractivity contribution < 1.29 is 4.79 Å². The van der Waals surface area contributed by atoms with Crippen molar-refractivity contribution >= 4 is 24.0 Å². The molecule has 1 fully saturated rings. The van der Waals surface area contributed by atoms with Gasteiger partial charge in [-0.1, -0.05) is 30.3 Å². The lowest BCUT2D eigenvalue weighted by atomic mass is 9.94. The zero-order chi connectivity index (χ0) is 25.6. The second-order valence-electron chi connectivity index (χ2n) is 9.67. The second-order valence-corrected chi connectivity index (χ2v) is 9.67. The number of carbonyl (C=O) groups is 1. The number of hydrogen-bond donors (Lipinski definition) is 1. The highest BCUT2D eigenvalue weighted by Gasteiger charge is 2.40. The van der Waals surface area contributed by atoms with Crippen LogP contribution in [-0.4, -0.2) is 52.0 Å². The van der Waals surface area contributed by atoms with E-state index in [2.05, 4.69) is 56.6 Å². The van der Waals surface area contributed by atoms with Gasteiger partial charge in [-0.25, -0.2) is 0 Å². The fraction of sp³-hybridized carbons (Fsp3) is 0.300. The van der Waals surface area contributed by atoms with Gasteiger partial charge in [0.2, 0.25) is 5.91 Å². The number of rotatable bonds is 7. The fourth-order valence-electron chi connectivity index (χ4n) is 5.47. The number of nitrogens with zero attached hydrogens (tertiary/aromatic N) is 5. The molecule has 38 heavy (non-hydrogen) atoms. The molecule has 7 nitrogen and oxygen atoms in total. The minimum absolute atomic E-state index is 0. The van der Waals surface area contributed by atoms with E-state index in [0.717, 1.165) is 37.1 Å². The lowest BCUT2D eigenvalue weighted by Crippen LogP contribution is -2.62. The monoisotopic (exact) mass is 528 g/mol. The van der Waals surface area contributed by atoms with E-state index in [4.69, 9.17) is 5.26 Å². The number of benzene rings is 2. The van der Waals surface area contributed by atoms with E-state index in [1.54, 1.807) is 19.3 Å². The molecule has 0 aliphatic carbocycles. The highest BCUT2D eigenvalue weighted by atomic mass is 35.5. The van der Waals surface area contributed by atoms with Gasteiger partial charge in [0.1, 0.15) is 6.17 Å². The number of nitriles is 1. The number of anilines is 1. The Hall–Kier alpha value is -4.02. The summed E-state index contributed by atoms with van der Waals surface area (Å²) in [6, 6.07) is 24.6. The number of amides is 1. The van der Waals surface area contributed by atoms with Gasteiger partial charge in [0.15, 0.2) is 0 Å². The normalized spacial score (nSPS) is 20.3. The van der Waals surface area contributed by atoms with Crippen LogP contribution in [0.15, 0.2) is 91.5 Å². The van der Waals surface area contributed by atoms with Crippen LogP contribution >= 0.6 is 12.4 Å². The molecule has 5 rings (SSSR count). The maximum atomic E-state index is 13.0. The summed E-state index contributed by atoms with van der Waals surface area (Å²) in [4.78, 5) is 24.0. The summed E-state index contributed by atoms with van der Waals surface area (Å²) in [6.45, 7) is 3.94. The van der Waals surface area contributed by atoms with E-state index in [0.29, 0.717) is 12.1 Å². The minimum atomic E-state index is 0. The zero-order valence-electron chi connectivity index (χ0n) is 21.5. The van der Waals surface area contributed by atoms with Gasteiger partial charge in [-0.2, -0.15) is 5.26 Å². The van der Waals surface area contributed by atoms with Crippen molar-refractivity contribution in [3.63, 3.8) is 0 Å². The van der Waals surface area contributed by atoms with E-state index in [9.17, 15) is 4.79 Å². The van der Waals surface area contributed by atoms with Crippen LogP contribution in [-0.2, 0) is 17.8 Å². The predicted molar refractivity (Wildman–Crippen MR) is 151 cm³/mol. The van der Waals surface area contributed by atoms with Crippen LogP contribution < -0.4 is 10.2 Å². The van der Waals surface area contributed by atoms with Crippen molar-refractivity contribution in [2.24, 2.45) is 0 Å². The molecule has 3 aromatic rings. The molecule has 1 aromatic heterocycles. The van der Waals surface area contributed by atoms with Crippen molar-refractivity contribution in [1.29, 1.82) is 5.26 Å². The van der Waals surface area contributed by atoms with Gasteiger partial charge < -0.3 is 20.0 Å². The molecule has 3 unspecified atom stereocenters. The first-order chi connectivity index (χ1) is 18.1. The first-order valence-electron chi connectivity index (χ1n) is 12.8. The van der Waals surface area contributed by atoms with Gasteiger partial charge >= 0.3 is 0 Å². The Bertz CT molecular complexity index is 1260. The van der Waals surface area contributed by atoms with Gasteiger partial charge in [0.25, 0.3) is 0 Å². The zero-order valence-corrected chi connectivity index (χ0v) is 22.3. The van der Waals surface area contributed by atoms with E-state index in [-0.39, 0.29) is 36.6 Å². The maximum absolute atomic E-state index is 13.0. The first kappa shape index (κ1) is 27.0. The summed E-state index contributed by atoms with van der Waals surface area (Å²) in [6.07, 6.45) is 9.42. The van der Waals surface area contributed by atoms with E-state index < -0.39 is 0 Å². The Morgan fingerprint density at radius 3 is 2.50 bits per heavy atom. The molecule has 1 saturated heterocycles. The average Bonchev–Trinajstić information content (AvgIpc) is 3.40. The number of para-hydroxylation sites is 1. The Labute approximate surface area is 230 Å². The lowest BCUT2D eigenvalue weighted by Gasteiger charge is -2.49. The number of hydrogen-bond acceptors (Lipinski definition) is 6. The molecule has 0 spiro atoms. The van der Waals surface area contributed by atoms with Gasteiger partial charge in [-0.15, -0.1) is 12.4 Å². The van der Waals surface area contributed by atoms with Crippen LogP contribution in [0.25, 0.3) is 0 Å². The van der Waals surface area contributed by atoms with Crippen LogP contribution in [0.5, 0.6) is 0 Å². The van der Waals surface area contributed by atoms with Crippen LogP contribution in [0.4, 0.5) is 5.69 Å².